The topological polar surface area (TPSA) is 30.5 Å². The highest BCUT2D eigenvalue weighted by Crippen LogP contribution is 2.27. The molecule has 0 saturated heterocycles. The van der Waals surface area contributed by atoms with E-state index in [0.717, 1.165) is 6.61 Å². The first kappa shape index (κ1) is 12.3. The molecular weight excluding hydrogens is 202 g/mol. The number of ether oxygens (including phenoxy) is 2. The van der Waals surface area contributed by atoms with Crippen molar-refractivity contribution in [1.29, 1.82) is 0 Å². The van der Waals surface area contributed by atoms with Gasteiger partial charge in [0.2, 0.25) is 0 Å². The summed E-state index contributed by atoms with van der Waals surface area (Å²) >= 11 is 0. The van der Waals surface area contributed by atoms with Crippen LogP contribution in [0.2, 0.25) is 0 Å². The fourth-order valence-corrected chi connectivity index (χ4v) is 2.95. The fourth-order valence-electron chi connectivity index (χ4n) is 2.95. The molecule has 0 radical (unpaired) electrons. The SMILES string of the molecule is CCOC1CC(NC2CCCCC2OC)C1. The van der Waals surface area contributed by atoms with Crippen molar-refractivity contribution in [1.82, 2.24) is 5.32 Å². The van der Waals surface area contributed by atoms with E-state index in [2.05, 4.69) is 12.2 Å². The van der Waals surface area contributed by atoms with Gasteiger partial charge in [0, 0.05) is 25.8 Å². The molecule has 0 bridgehead atoms. The van der Waals surface area contributed by atoms with E-state index in [9.17, 15) is 0 Å². The highest BCUT2D eigenvalue weighted by atomic mass is 16.5. The van der Waals surface area contributed by atoms with Gasteiger partial charge in [-0.05, 0) is 32.6 Å². The van der Waals surface area contributed by atoms with Gasteiger partial charge in [0.1, 0.15) is 0 Å². The minimum Gasteiger partial charge on any atom is -0.380 e. The summed E-state index contributed by atoms with van der Waals surface area (Å²) in [7, 11) is 1.84. The molecule has 3 nitrogen and oxygen atoms in total. The maximum absolute atomic E-state index is 5.58. The molecule has 1 N–H and O–H groups in total. The largest absolute Gasteiger partial charge is 0.380 e. The first-order chi connectivity index (χ1) is 7.83. The molecule has 0 aromatic heterocycles. The Labute approximate surface area is 98.9 Å². The number of nitrogens with one attached hydrogen (secondary N) is 1. The predicted molar refractivity (Wildman–Crippen MR) is 64.6 cm³/mol. The van der Waals surface area contributed by atoms with Crippen LogP contribution in [0.1, 0.15) is 45.4 Å². The molecule has 2 saturated carbocycles. The molecule has 0 heterocycles. The lowest BCUT2D eigenvalue weighted by Gasteiger charge is -2.41. The van der Waals surface area contributed by atoms with E-state index in [0.29, 0.717) is 24.3 Å². The molecule has 2 atom stereocenters. The minimum absolute atomic E-state index is 0.430. The molecule has 3 heteroatoms. The Bertz CT molecular complexity index is 204. The predicted octanol–water partition coefficient (Wildman–Crippen LogP) is 2.10. The van der Waals surface area contributed by atoms with Gasteiger partial charge < -0.3 is 14.8 Å². The summed E-state index contributed by atoms with van der Waals surface area (Å²) in [6, 6.07) is 1.24. The van der Waals surface area contributed by atoms with Crippen molar-refractivity contribution in [2.24, 2.45) is 0 Å². The molecule has 0 spiro atoms. The first-order valence-electron chi connectivity index (χ1n) is 6.74. The highest BCUT2D eigenvalue weighted by molar-refractivity contribution is 4.91. The molecule has 16 heavy (non-hydrogen) atoms. The van der Waals surface area contributed by atoms with E-state index in [1.807, 2.05) is 7.11 Å². The van der Waals surface area contributed by atoms with Crippen molar-refractivity contribution >= 4 is 0 Å². The Morgan fingerprint density at radius 1 is 1.19 bits per heavy atom. The van der Waals surface area contributed by atoms with Crippen LogP contribution in [-0.4, -0.2) is 38.0 Å². The molecular formula is C13H25NO2. The third kappa shape index (κ3) is 2.96. The summed E-state index contributed by atoms with van der Waals surface area (Å²) < 4.78 is 11.1. The highest BCUT2D eigenvalue weighted by Gasteiger charge is 2.34. The summed E-state index contributed by atoms with van der Waals surface area (Å²) in [5.41, 5.74) is 0. The zero-order chi connectivity index (χ0) is 11.4. The molecule has 2 aliphatic carbocycles. The third-order valence-electron chi connectivity index (χ3n) is 3.95. The van der Waals surface area contributed by atoms with Crippen molar-refractivity contribution in [3.8, 4) is 0 Å². The summed E-state index contributed by atoms with van der Waals surface area (Å²) in [6.07, 6.45) is 8.46. The van der Waals surface area contributed by atoms with Crippen LogP contribution in [0, 0.1) is 0 Å². The molecule has 94 valence electrons. The minimum atomic E-state index is 0.430. The van der Waals surface area contributed by atoms with Crippen LogP contribution in [0.25, 0.3) is 0 Å². The van der Waals surface area contributed by atoms with E-state index >= 15 is 0 Å². The van der Waals surface area contributed by atoms with Crippen LogP contribution in [-0.2, 0) is 9.47 Å². The molecule has 0 aromatic rings. The van der Waals surface area contributed by atoms with Gasteiger partial charge in [0.15, 0.2) is 0 Å². The van der Waals surface area contributed by atoms with Crippen molar-refractivity contribution in [2.75, 3.05) is 13.7 Å². The maximum atomic E-state index is 5.58. The van der Waals surface area contributed by atoms with Gasteiger partial charge in [-0.15, -0.1) is 0 Å². The maximum Gasteiger partial charge on any atom is 0.0724 e. The summed E-state index contributed by atoms with van der Waals surface area (Å²) in [6.45, 7) is 2.92. The molecule has 2 fully saturated rings. The Morgan fingerprint density at radius 3 is 2.62 bits per heavy atom. The monoisotopic (exact) mass is 227 g/mol. The average Bonchev–Trinajstić information content (AvgIpc) is 2.27. The van der Waals surface area contributed by atoms with E-state index in [1.54, 1.807) is 0 Å². The summed E-state index contributed by atoms with van der Waals surface area (Å²) in [5, 5.41) is 3.74. The normalized spacial score (nSPS) is 39.4. The summed E-state index contributed by atoms with van der Waals surface area (Å²) in [4.78, 5) is 0. The molecule has 0 aromatic carbocycles. The van der Waals surface area contributed by atoms with Gasteiger partial charge in [-0.25, -0.2) is 0 Å². The molecule has 0 amide bonds. The fraction of sp³-hybridized carbons (Fsp3) is 1.00. The van der Waals surface area contributed by atoms with Crippen molar-refractivity contribution in [3.63, 3.8) is 0 Å². The quantitative estimate of drug-likeness (QED) is 0.780. The number of methoxy groups -OCH3 is 1. The average molecular weight is 227 g/mol. The van der Waals surface area contributed by atoms with Crippen molar-refractivity contribution < 1.29 is 9.47 Å². The van der Waals surface area contributed by atoms with Crippen LogP contribution in [0.15, 0.2) is 0 Å². The third-order valence-corrected chi connectivity index (χ3v) is 3.95. The van der Waals surface area contributed by atoms with E-state index in [-0.39, 0.29) is 0 Å². The molecule has 2 rings (SSSR count). The van der Waals surface area contributed by atoms with Crippen LogP contribution in [0.4, 0.5) is 0 Å². The van der Waals surface area contributed by atoms with Gasteiger partial charge in [0.25, 0.3) is 0 Å². The van der Waals surface area contributed by atoms with Gasteiger partial charge in [0.05, 0.1) is 12.2 Å². The standard InChI is InChI=1S/C13H25NO2/c1-3-16-11-8-10(9-11)14-12-6-4-5-7-13(12)15-2/h10-14H,3-9H2,1-2H3. The lowest BCUT2D eigenvalue weighted by molar-refractivity contribution is -0.0256. The molecule has 0 aliphatic heterocycles. The zero-order valence-electron chi connectivity index (χ0n) is 10.6. The van der Waals surface area contributed by atoms with Gasteiger partial charge in [-0.1, -0.05) is 12.8 Å². The second-order valence-electron chi connectivity index (χ2n) is 5.08. The van der Waals surface area contributed by atoms with Gasteiger partial charge in [-0.2, -0.15) is 0 Å². The van der Waals surface area contributed by atoms with Crippen LogP contribution < -0.4 is 5.32 Å². The van der Waals surface area contributed by atoms with Gasteiger partial charge in [-0.3, -0.25) is 0 Å². The van der Waals surface area contributed by atoms with E-state index in [1.165, 1.54) is 38.5 Å². The van der Waals surface area contributed by atoms with E-state index in [4.69, 9.17) is 9.47 Å². The number of rotatable bonds is 5. The van der Waals surface area contributed by atoms with Crippen molar-refractivity contribution in [3.05, 3.63) is 0 Å². The Kier molecular flexibility index (Phi) is 4.62. The van der Waals surface area contributed by atoms with Crippen LogP contribution >= 0.6 is 0 Å². The Hall–Kier alpha value is -0.120. The van der Waals surface area contributed by atoms with Crippen LogP contribution in [0.5, 0.6) is 0 Å². The lowest BCUT2D eigenvalue weighted by Crippen LogP contribution is -2.54. The second kappa shape index (κ2) is 5.99. The number of hydrogen-bond acceptors (Lipinski definition) is 3. The summed E-state index contributed by atoms with van der Waals surface area (Å²) in [5.74, 6) is 0. The lowest BCUT2D eigenvalue weighted by atomic mass is 9.85. The smallest absolute Gasteiger partial charge is 0.0724 e. The second-order valence-corrected chi connectivity index (χ2v) is 5.08. The molecule has 2 unspecified atom stereocenters. The van der Waals surface area contributed by atoms with Crippen molar-refractivity contribution in [2.45, 2.75) is 69.7 Å². The van der Waals surface area contributed by atoms with Gasteiger partial charge >= 0.3 is 0 Å². The Balaban J connectivity index is 1.69. The van der Waals surface area contributed by atoms with Crippen LogP contribution in [0.3, 0.4) is 0 Å². The molecule has 2 aliphatic rings. The van der Waals surface area contributed by atoms with E-state index < -0.39 is 0 Å². The number of hydrogen-bond donors (Lipinski definition) is 1. The zero-order valence-corrected chi connectivity index (χ0v) is 10.6. The Morgan fingerprint density at radius 2 is 1.94 bits per heavy atom. The first-order valence-corrected chi connectivity index (χ1v) is 6.74.